The van der Waals surface area contributed by atoms with Gasteiger partial charge in [-0.15, -0.1) is 0 Å². The van der Waals surface area contributed by atoms with Gasteiger partial charge in [0.2, 0.25) is 5.91 Å². The maximum Gasteiger partial charge on any atom is 0.322 e. The number of fused-ring (bicyclic) bond motifs is 1. The van der Waals surface area contributed by atoms with Crippen LogP contribution in [0.4, 0.5) is 21.5 Å². The molecule has 34 heavy (non-hydrogen) atoms. The molecule has 1 aliphatic heterocycles. The molecule has 1 aliphatic rings. The first-order chi connectivity index (χ1) is 16.3. The Bertz CT molecular complexity index is 1240. The third kappa shape index (κ3) is 5.29. The van der Waals surface area contributed by atoms with Crippen LogP contribution in [0.1, 0.15) is 22.6 Å². The molecule has 3 N–H and O–H groups in total. The minimum Gasteiger partial charge on any atom is -0.480 e. The van der Waals surface area contributed by atoms with Crippen LogP contribution in [0, 0.1) is 5.82 Å². The molecule has 0 fully saturated rings. The molecular weight excluding hydrogens is 435 g/mol. The van der Waals surface area contributed by atoms with Gasteiger partial charge in [0.05, 0.1) is 11.4 Å². The predicted octanol–water partition coefficient (Wildman–Crippen LogP) is 4.24. The predicted molar refractivity (Wildman–Crippen MR) is 130 cm³/mol. The van der Waals surface area contributed by atoms with Gasteiger partial charge in [0, 0.05) is 17.9 Å². The van der Waals surface area contributed by atoms with Crippen molar-refractivity contribution in [2.24, 2.45) is 4.99 Å². The number of anilines is 2. The van der Waals surface area contributed by atoms with Crippen molar-refractivity contribution in [1.82, 2.24) is 4.90 Å². The molecule has 0 bridgehead atoms. The van der Waals surface area contributed by atoms with Crippen LogP contribution in [0.5, 0.6) is 0 Å². The zero-order valence-electron chi connectivity index (χ0n) is 18.9. The van der Waals surface area contributed by atoms with Gasteiger partial charge in [-0.25, -0.2) is 4.39 Å². The van der Waals surface area contributed by atoms with E-state index < -0.39 is 17.7 Å². The zero-order chi connectivity index (χ0) is 24.2. The number of aliphatic imine (C=N–C) groups is 1. The summed E-state index contributed by atoms with van der Waals surface area (Å²) in [5, 5.41) is 14.5. The Hall–Kier alpha value is -4.04. The minimum absolute atomic E-state index is 0.205. The summed E-state index contributed by atoms with van der Waals surface area (Å²) < 4.78 is 13.8. The van der Waals surface area contributed by atoms with E-state index in [2.05, 4.69) is 15.5 Å². The summed E-state index contributed by atoms with van der Waals surface area (Å²) in [5.74, 6) is -2.38. The SMILES string of the molecule is CN(C)Cc1ccc(N=C(c2ccc(NCC(=O)O)cc2)C2C(=O)Nc3cc(F)ccc32)cc1. The number of aliphatic carboxylic acids is 1. The Morgan fingerprint density at radius 3 is 2.44 bits per heavy atom. The first-order valence-electron chi connectivity index (χ1n) is 10.8. The van der Waals surface area contributed by atoms with Crippen LogP contribution >= 0.6 is 0 Å². The Kier molecular flexibility index (Phi) is 6.70. The molecule has 0 aromatic heterocycles. The molecule has 0 saturated heterocycles. The maximum absolute atomic E-state index is 13.8. The molecule has 1 heterocycles. The summed E-state index contributed by atoms with van der Waals surface area (Å²) in [7, 11) is 4.00. The zero-order valence-corrected chi connectivity index (χ0v) is 18.9. The summed E-state index contributed by atoms with van der Waals surface area (Å²) in [6.07, 6.45) is 0. The Balaban J connectivity index is 1.74. The molecule has 0 saturated carbocycles. The second kappa shape index (κ2) is 9.84. The third-order valence-corrected chi connectivity index (χ3v) is 5.43. The first-order valence-corrected chi connectivity index (χ1v) is 10.8. The number of hydrogen-bond donors (Lipinski definition) is 3. The van der Waals surface area contributed by atoms with Crippen LogP contribution in [-0.4, -0.2) is 48.2 Å². The normalized spacial score (nSPS) is 15.2. The molecule has 8 heteroatoms. The van der Waals surface area contributed by atoms with Gasteiger partial charge >= 0.3 is 5.97 Å². The van der Waals surface area contributed by atoms with Gasteiger partial charge in [-0.3, -0.25) is 14.6 Å². The van der Waals surface area contributed by atoms with E-state index >= 15 is 0 Å². The molecule has 3 aromatic carbocycles. The molecule has 4 rings (SSSR count). The monoisotopic (exact) mass is 460 g/mol. The highest BCUT2D eigenvalue weighted by molar-refractivity contribution is 6.24. The summed E-state index contributed by atoms with van der Waals surface area (Å²) >= 11 is 0. The second-order valence-corrected chi connectivity index (χ2v) is 8.38. The minimum atomic E-state index is -0.962. The van der Waals surface area contributed by atoms with Crippen LogP contribution < -0.4 is 10.6 Å². The van der Waals surface area contributed by atoms with Crippen LogP contribution in [-0.2, 0) is 16.1 Å². The number of carbonyl (C=O) groups excluding carboxylic acids is 1. The van der Waals surface area contributed by atoms with Gasteiger partial charge in [-0.1, -0.05) is 30.3 Å². The van der Waals surface area contributed by atoms with E-state index in [0.717, 1.165) is 12.1 Å². The fourth-order valence-electron chi connectivity index (χ4n) is 3.92. The topological polar surface area (TPSA) is 94.0 Å². The van der Waals surface area contributed by atoms with Gasteiger partial charge in [0.1, 0.15) is 18.3 Å². The first kappa shape index (κ1) is 23.1. The number of carboxylic acids is 1. The molecule has 1 amide bonds. The Morgan fingerprint density at radius 2 is 1.79 bits per heavy atom. The van der Waals surface area contributed by atoms with Gasteiger partial charge < -0.3 is 20.6 Å². The summed E-state index contributed by atoms with van der Waals surface area (Å²) in [6.45, 7) is 0.592. The van der Waals surface area contributed by atoms with Crippen molar-refractivity contribution in [2.45, 2.75) is 12.5 Å². The third-order valence-electron chi connectivity index (χ3n) is 5.43. The average molecular weight is 461 g/mol. The number of carbonyl (C=O) groups is 2. The van der Waals surface area contributed by atoms with Crippen molar-refractivity contribution in [1.29, 1.82) is 0 Å². The highest BCUT2D eigenvalue weighted by atomic mass is 19.1. The maximum atomic E-state index is 13.8. The van der Waals surface area contributed by atoms with Crippen LogP contribution in [0.25, 0.3) is 0 Å². The number of halogens is 1. The van der Waals surface area contributed by atoms with Gasteiger partial charge in [-0.2, -0.15) is 0 Å². The number of nitrogens with one attached hydrogen (secondary N) is 2. The molecule has 0 spiro atoms. The van der Waals surface area contributed by atoms with Crippen molar-refractivity contribution >= 4 is 34.7 Å². The van der Waals surface area contributed by atoms with Gasteiger partial charge in [-0.05, 0) is 67.2 Å². The van der Waals surface area contributed by atoms with E-state index in [1.54, 1.807) is 30.3 Å². The van der Waals surface area contributed by atoms with E-state index in [-0.39, 0.29) is 12.5 Å². The van der Waals surface area contributed by atoms with Crippen molar-refractivity contribution in [3.05, 3.63) is 89.2 Å². The van der Waals surface area contributed by atoms with Crippen LogP contribution in [0.2, 0.25) is 0 Å². The number of benzene rings is 3. The van der Waals surface area contributed by atoms with Crippen molar-refractivity contribution < 1.29 is 19.1 Å². The fourth-order valence-corrected chi connectivity index (χ4v) is 3.92. The highest BCUT2D eigenvalue weighted by Gasteiger charge is 2.35. The second-order valence-electron chi connectivity index (χ2n) is 8.38. The molecular formula is C26H25FN4O3. The Morgan fingerprint density at radius 1 is 1.09 bits per heavy atom. The number of nitrogens with zero attached hydrogens (tertiary/aromatic N) is 2. The van der Waals surface area contributed by atoms with Crippen LogP contribution in [0.3, 0.4) is 0 Å². The fraction of sp³-hybridized carbons (Fsp3) is 0.192. The van der Waals surface area contributed by atoms with Crippen LogP contribution in [0.15, 0.2) is 71.7 Å². The van der Waals surface area contributed by atoms with E-state index in [1.165, 1.54) is 12.1 Å². The lowest BCUT2D eigenvalue weighted by molar-refractivity contribution is -0.135. The van der Waals surface area contributed by atoms with E-state index in [1.807, 2.05) is 38.4 Å². The van der Waals surface area contributed by atoms with E-state index in [9.17, 15) is 14.0 Å². The van der Waals surface area contributed by atoms with Crippen molar-refractivity contribution in [2.75, 3.05) is 31.3 Å². The largest absolute Gasteiger partial charge is 0.480 e. The molecule has 0 aliphatic carbocycles. The molecule has 174 valence electrons. The molecule has 0 radical (unpaired) electrons. The Labute approximate surface area is 196 Å². The molecule has 3 aromatic rings. The van der Waals surface area contributed by atoms with Gasteiger partial charge in [0.25, 0.3) is 0 Å². The molecule has 1 unspecified atom stereocenters. The average Bonchev–Trinajstić information content (AvgIpc) is 3.11. The lowest BCUT2D eigenvalue weighted by Gasteiger charge is -2.15. The molecule has 7 nitrogen and oxygen atoms in total. The highest BCUT2D eigenvalue weighted by Crippen LogP contribution is 2.37. The summed E-state index contributed by atoms with van der Waals surface area (Å²) in [5.41, 5.74) is 4.78. The summed E-state index contributed by atoms with van der Waals surface area (Å²) in [6, 6.07) is 19.1. The smallest absolute Gasteiger partial charge is 0.322 e. The van der Waals surface area contributed by atoms with Gasteiger partial charge in [0.15, 0.2) is 0 Å². The van der Waals surface area contributed by atoms with E-state index in [0.29, 0.717) is 33.9 Å². The quantitative estimate of drug-likeness (QED) is 0.437. The number of amides is 1. The lowest BCUT2D eigenvalue weighted by atomic mass is 9.90. The van der Waals surface area contributed by atoms with Crippen molar-refractivity contribution in [3.63, 3.8) is 0 Å². The number of hydrogen-bond acceptors (Lipinski definition) is 5. The summed E-state index contributed by atoms with van der Waals surface area (Å²) in [4.78, 5) is 30.7. The van der Waals surface area contributed by atoms with E-state index in [4.69, 9.17) is 10.1 Å². The molecule has 1 atom stereocenters. The number of carboxylic acid groups (broad SMARTS) is 1. The number of rotatable bonds is 8. The lowest BCUT2D eigenvalue weighted by Crippen LogP contribution is -2.22. The van der Waals surface area contributed by atoms with Crippen molar-refractivity contribution in [3.8, 4) is 0 Å². The standard InChI is InChI=1S/C26H25FN4O3/c1-31(2)15-16-3-8-20(9-4-16)29-25(17-5-10-19(11-6-17)28-14-23(32)33)24-21-12-7-18(27)13-22(21)30-26(24)34/h3-13,24,28H,14-15H2,1-2H3,(H,30,34)(H,32,33).